The summed E-state index contributed by atoms with van der Waals surface area (Å²) in [5.74, 6) is 1.49. The Labute approximate surface area is 155 Å². The maximum atomic E-state index is 13.2. The molecule has 0 unspecified atom stereocenters. The van der Waals surface area contributed by atoms with Crippen LogP contribution in [0.2, 0.25) is 0 Å². The van der Waals surface area contributed by atoms with Crippen LogP contribution >= 0.6 is 0 Å². The Morgan fingerprint density at radius 1 is 1.00 bits per heavy atom. The molecule has 0 N–H and O–H groups in total. The van der Waals surface area contributed by atoms with Gasteiger partial charge < -0.3 is 19.3 Å². The molecule has 0 atom stereocenters. The Balaban J connectivity index is 1.98. The zero-order valence-corrected chi connectivity index (χ0v) is 15.6. The Morgan fingerprint density at radius 3 is 2.19 bits per heavy atom. The van der Waals surface area contributed by atoms with Gasteiger partial charge in [-0.15, -0.1) is 0 Å². The highest BCUT2D eigenvalue weighted by atomic mass is 19.4. The predicted octanol–water partition coefficient (Wildman–Crippen LogP) is 3.14. The van der Waals surface area contributed by atoms with Crippen molar-refractivity contribution in [2.45, 2.75) is 19.1 Å². The van der Waals surface area contributed by atoms with Crippen molar-refractivity contribution in [2.24, 2.45) is 0 Å². The standard InChI is InChI=1S/C18H21F3N4O2/c1-24(2)16-9-15(18(19,20)21)22-17(23-16)25-6-5-11-7-13(26-3)14(27-4)8-12(11)10-25/h7-9H,5-6,10H2,1-4H3. The van der Waals surface area contributed by atoms with Gasteiger partial charge in [0.05, 0.1) is 14.2 Å². The van der Waals surface area contributed by atoms with Crippen molar-refractivity contribution >= 4 is 11.8 Å². The Kier molecular flexibility index (Phi) is 5.03. The van der Waals surface area contributed by atoms with Gasteiger partial charge in [0.15, 0.2) is 17.2 Å². The molecule has 1 aromatic heterocycles. The summed E-state index contributed by atoms with van der Waals surface area (Å²) in [5.41, 5.74) is 1.07. The molecule has 1 aliphatic rings. The SMILES string of the molecule is COc1cc2c(cc1OC)CN(c1nc(N(C)C)cc(C(F)(F)F)n1)CC2. The summed E-state index contributed by atoms with van der Waals surface area (Å²) in [6.07, 6.45) is -3.89. The van der Waals surface area contributed by atoms with E-state index in [1.165, 1.54) is 4.90 Å². The molecule has 9 heteroatoms. The molecule has 1 aromatic carbocycles. The van der Waals surface area contributed by atoms with Gasteiger partial charge in [0.2, 0.25) is 5.95 Å². The lowest BCUT2D eigenvalue weighted by molar-refractivity contribution is -0.141. The number of halogens is 3. The fourth-order valence-electron chi connectivity index (χ4n) is 2.99. The summed E-state index contributed by atoms with van der Waals surface area (Å²) < 4.78 is 50.4. The minimum absolute atomic E-state index is 0.0639. The van der Waals surface area contributed by atoms with E-state index < -0.39 is 11.9 Å². The lowest BCUT2D eigenvalue weighted by atomic mass is 9.99. The maximum absolute atomic E-state index is 13.2. The smallest absolute Gasteiger partial charge is 0.433 e. The highest BCUT2D eigenvalue weighted by Crippen LogP contribution is 2.35. The van der Waals surface area contributed by atoms with Crippen LogP contribution in [0.25, 0.3) is 0 Å². The molecular weight excluding hydrogens is 361 g/mol. The number of nitrogens with zero attached hydrogens (tertiary/aromatic N) is 4. The first kappa shape index (κ1) is 19.1. The topological polar surface area (TPSA) is 50.7 Å². The number of benzene rings is 1. The average molecular weight is 382 g/mol. The van der Waals surface area contributed by atoms with Crippen LogP contribution in [0.5, 0.6) is 11.5 Å². The molecule has 0 aliphatic carbocycles. The molecular formula is C18H21F3N4O2. The van der Waals surface area contributed by atoms with E-state index in [1.54, 1.807) is 33.2 Å². The Hall–Kier alpha value is -2.71. The van der Waals surface area contributed by atoms with Crippen molar-refractivity contribution in [3.8, 4) is 11.5 Å². The first-order chi connectivity index (χ1) is 12.7. The quantitative estimate of drug-likeness (QED) is 0.810. The number of hydrogen-bond acceptors (Lipinski definition) is 6. The first-order valence-electron chi connectivity index (χ1n) is 8.35. The number of ether oxygens (including phenoxy) is 2. The van der Waals surface area contributed by atoms with Gasteiger partial charge in [0.25, 0.3) is 0 Å². The summed E-state index contributed by atoms with van der Waals surface area (Å²) in [6.45, 7) is 0.903. The second-order valence-corrected chi connectivity index (χ2v) is 6.45. The van der Waals surface area contributed by atoms with E-state index in [9.17, 15) is 13.2 Å². The highest BCUT2D eigenvalue weighted by Gasteiger charge is 2.35. The Morgan fingerprint density at radius 2 is 1.63 bits per heavy atom. The fraction of sp³-hybridized carbons (Fsp3) is 0.444. The molecule has 0 bridgehead atoms. The third-order valence-electron chi connectivity index (χ3n) is 4.45. The van der Waals surface area contributed by atoms with Crippen LogP contribution in [0, 0.1) is 0 Å². The third kappa shape index (κ3) is 3.86. The maximum Gasteiger partial charge on any atom is 0.433 e. The zero-order valence-electron chi connectivity index (χ0n) is 15.6. The molecule has 146 valence electrons. The van der Waals surface area contributed by atoms with Gasteiger partial charge in [-0.2, -0.15) is 18.2 Å². The van der Waals surface area contributed by atoms with Crippen LogP contribution in [-0.2, 0) is 19.1 Å². The summed E-state index contributed by atoms with van der Waals surface area (Å²) in [4.78, 5) is 11.4. The summed E-state index contributed by atoms with van der Waals surface area (Å²) in [5, 5.41) is 0. The van der Waals surface area contributed by atoms with Gasteiger partial charge in [0.1, 0.15) is 5.82 Å². The number of alkyl halides is 3. The molecule has 27 heavy (non-hydrogen) atoms. The lowest BCUT2D eigenvalue weighted by Gasteiger charge is -2.30. The predicted molar refractivity (Wildman–Crippen MR) is 95.7 cm³/mol. The number of hydrogen-bond donors (Lipinski definition) is 0. The number of rotatable bonds is 4. The van der Waals surface area contributed by atoms with Crippen molar-refractivity contribution in [3.63, 3.8) is 0 Å². The van der Waals surface area contributed by atoms with Crippen LogP contribution in [0.15, 0.2) is 18.2 Å². The van der Waals surface area contributed by atoms with Gasteiger partial charge in [-0.25, -0.2) is 4.98 Å². The van der Waals surface area contributed by atoms with Gasteiger partial charge in [0, 0.05) is 33.3 Å². The number of aromatic nitrogens is 2. The monoisotopic (exact) mass is 382 g/mol. The second kappa shape index (κ2) is 7.13. The normalized spacial score (nSPS) is 14.0. The molecule has 2 aromatic rings. The zero-order chi connectivity index (χ0) is 19.8. The first-order valence-corrected chi connectivity index (χ1v) is 8.35. The minimum atomic E-state index is -4.53. The molecule has 2 heterocycles. The van der Waals surface area contributed by atoms with Crippen LogP contribution < -0.4 is 19.3 Å². The van der Waals surface area contributed by atoms with Gasteiger partial charge in [-0.05, 0) is 29.7 Å². The van der Waals surface area contributed by atoms with Crippen LogP contribution in [0.1, 0.15) is 16.8 Å². The molecule has 6 nitrogen and oxygen atoms in total. The van der Waals surface area contributed by atoms with Crippen molar-refractivity contribution in [1.82, 2.24) is 9.97 Å². The average Bonchev–Trinajstić information content (AvgIpc) is 2.65. The van der Waals surface area contributed by atoms with E-state index in [2.05, 4.69) is 9.97 Å². The fourth-order valence-corrected chi connectivity index (χ4v) is 2.99. The molecule has 0 spiro atoms. The Bertz CT molecular complexity index is 840. The van der Waals surface area contributed by atoms with Gasteiger partial charge in [-0.3, -0.25) is 0 Å². The van der Waals surface area contributed by atoms with Crippen molar-refractivity contribution in [2.75, 3.05) is 44.7 Å². The van der Waals surface area contributed by atoms with Gasteiger partial charge in [-0.1, -0.05) is 0 Å². The van der Waals surface area contributed by atoms with Crippen molar-refractivity contribution in [3.05, 3.63) is 35.0 Å². The van der Waals surface area contributed by atoms with Crippen LogP contribution in [0.4, 0.5) is 24.9 Å². The highest BCUT2D eigenvalue weighted by molar-refractivity contribution is 5.52. The molecule has 0 fully saturated rings. The summed E-state index contributed by atoms with van der Waals surface area (Å²) in [7, 11) is 6.41. The van der Waals surface area contributed by atoms with E-state index >= 15 is 0 Å². The number of methoxy groups -OCH3 is 2. The third-order valence-corrected chi connectivity index (χ3v) is 4.45. The summed E-state index contributed by atoms with van der Waals surface area (Å²) >= 11 is 0. The largest absolute Gasteiger partial charge is 0.493 e. The minimum Gasteiger partial charge on any atom is -0.493 e. The van der Waals surface area contributed by atoms with Crippen LogP contribution in [0.3, 0.4) is 0 Å². The molecule has 0 radical (unpaired) electrons. The van der Waals surface area contributed by atoms with E-state index in [1.807, 2.05) is 12.1 Å². The summed E-state index contributed by atoms with van der Waals surface area (Å²) in [6, 6.07) is 4.71. The number of fused-ring (bicyclic) bond motifs is 1. The van der Waals surface area contributed by atoms with Crippen molar-refractivity contribution in [1.29, 1.82) is 0 Å². The van der Waals surface area contributed by atoms with Crippen molar-refractivity contribution < 1.29 is 22.6 Å². The van der Waals surface area contributed by atoms with Crippen LogP contribution in [-0.4, -0.2) is 44.8 Å². The van der Waals surface area contributed by atoms with E-state index in [0.717, 1.165) is 17.2 Å². The van der Waals surface area contributed by atoms with E-state index in [-0.39, 0.29) is 11.8 Å². The molecule has 1 aliphatic heterocycles. The molecule has 0 amide bonds. The second-order valence-electron chi connectivity index (χ2n) is 6.45. The van der Waals surface area contributed by atoms with E-state index in [4.69, 9.17) is 9.47 Å². The van der Waals surface area contributed by atoms with Gasteiger partial charge >= 0.3 is 6.18 Å². The molecule has 0 saturated heterocycles. The number of anilines is 2. The lowest BCUT2D eigenvalue weighted by Crippen LogP contribution is -2.33. The molecule has 3 rings (SSSR count). The molecule has 0 saturated carbocycles. The van der Waals surface area contributed by atoms with E-state index in [0.29, 0.717) is 31.0 Å².